The number of nitrogens with one attached hydrogen (secondary N) is 2. The predicted molar refractivity (Wildman–Crippen MR) is 67.3 cm³/mol. The highest BCUT2D eigenvalue weighted by Gasteiger charge is 2.13. The van der Waals surface area contributed by atoms with E-state index in [2.05, 4.69) is 20.5 Å². The first-order valence-corrected chi connectivity index (χ1v) is 6.01. The van der Waals surface area contributed by atoms with Gasteiger partial charge in [0.15, 0.2) is 0 Å². The maximum absolute atomic E-state index is 11.7. The predicted octanol–water partition coefficient (Wildman–Crippen LogP) is 0.241. The van der Waals surface area contributed by atoms with Crippen molar-refractivity contribution < 1.29 is 4.79 Å². The van der Waals surface area contributed by atoms with Crippen LogP contribution in [0.2, 0.25) is 0 Å². The van der Waals surface area contributed by atoms with Crippen LogP contribution in [0.15, 0.2) is 18.3 Å². The second-order valence-electron chi connectivity index (χ2n) is 4.00. The van der Waals surface area contributed by atoms with Crippen LogP contribution in [-0.4, -0.2) is 43.6 Å². The van der Waals surface area contributed by atoms with Crippen LogP contribution in [0.25, 0.3) is 0 Å². The molecule has 2 heterocycles. The van der Waals surface area contributed by atoms with Gasteiger partial charge in [0, 0.05) is 44.6 Å². The first-order valence-electron chi connectivity index (χ1n) is 6.01. The van der Waals surface area contributed by atoms with Gasteiger partial charge in [-0.05, 0) is 19.1 Å². The van der Waals surface area contributed by atoms with Crippen LogP contribution in [0.5, 0.6) is 0 Å². The SMILES string of the molecule is CCNC(=O)c1cc(N2CCNCC2)ccn1. The summed E-state index contributed by atoms with van der Waals surface area (Å²) < 4.78 is 0. The summed E-state index contributed by atoms with van der Waals surface area (Å²) in [5, 5.41) is 6.07. The van der Waals surface area contributed by atoms with Gasteiger partial charge in [0.05, 0.1) is 0 Å². The smallest absolute Gasteiger partial charge is 0.269 e. The van der Waals surface area contributed by atoms with Crippen molar-refractivity contribution in [1.82, 2.24) is 15.6 Å². The van der Waals surface area contributed by atoms with E-state index in [0.717, 1.165) is 31.9 Å². The lowest BCUT2D eigenvalue weighted by molar-refractivity contribution is 0.0951. The number of pyridine rings is 1. The molecule has 5 heteroatoms. The second kappa shape index (κ2) is 5.63. The van der Waals surface area contributed by atoms with Gasteiger partial charge in [-0.25, -0.2) is 0 Å². The van der Waals surface area contributed by atoms with Gasteiger partial charge in [0.2, 0.25) is 0 Å². The highest BCUT2D eigenvalue weighted by Crippen LogP contribution is 2.14. The molecule has 1 aromatic heterocycles. The Hall–Kier alpha value is -1.62. The first kappa shape index (κ1) is 11.9. The summed E-state index contributed by atoms with van der Waals surface area (Å²) >= 11 is 0. The molecule has 0 unspecified atom stereocenters. The van der Waals surface area contributed by atoms with Crippen LogP contribution >= 0.6 is 0 Å². The van der Waals surface area contributed by atoms with E-state index in [1.807, 2.05) is 19.1 Å². The third-order valence-electron chi connectivity index (χ3n) is 2.80. The van der Waals surface area contributed by atoms with Gasteiger partial charge >= 0.3 is 0 Å². The van der Waals surface area contributed by atoms with Crippen molar-refractivity contribution >= 4 is 11.6 Å². The third kappa shape index (κ3) is 2.94. The Morgan fingerprint density at radius 1 is 1.53 bits per heavy atom. The van der Waals surface area contributed by atoms with E-state index < -0.39 is 0 Å². The Morgan fingerprint density at radius 3 is 3.00 bits per heavy atom. The van der Waals surface area contributed by atoms with Crippen LogP contribution in [0.3, 0.4) is 0 Å². The van der Waals surface area contributed by atoms with Gasteiger partial charge in [-0.2, -0.15) is 0 Å². The zero-order valence-electron chi connectivity index (χ0n) is 10.1. The summed E-state index contributed by atoms with van der Waals surface area (Å²) in [7, 11) is 0. The highest BCUT2D eigenvalue weighted by molar-refractivity contribution is 5.93. The Balaban J connectivity index is 2.12. The van der Waals surface area contributed by atoms with Gasteiger partial charge in [0.1, 0.15) is 5.69 Å². The average Bonchev–Trinajstić information content (AvgIpc) is 2.40. The van der Waals surface area contributed by atoms with Crippen molar-refractivity contribution in [3.8, 4) is 0 Å². The van der Waals surface area contributed by atoms with Crippen molar-refractivity contribution in [1.29, 1.82) is 0 Å². The quantitative estimate of drug-likeness (QED) is 0.786. The lowest BCUT2D eigenvalue weighted by Crippen LogP contribution is -2.43. The lowest BCUT2D eigenvalue weighted by Gasteiger charge is -2.29. The number of aromatic nitrogens is 1. The molecule has 0 spiro atoms. The summed E-state index contributed by atoms with van der Waals surface area (Å²) in [6, 6.07) is 3.81. The van der Waals surface area contributed by atoms with Crippen molar-refractivity contribution in [2.75, 3.05) is 37.6 Å². The van der Waals surface area contributed by atoms with E-state index in [1.165, 1.54) is 0 Å². The highest BCUT2D eigenvalue weighted by atomic mass is 16.1. The molecular weight excluding hydrogens is 216 g/mol. The Kier molecular flexibility index (Phi) is 3.93. The largest absolute Gasteiger partial charge is 0.369 e. The minimum atomic E-state index is -0.107. The molecular formula is C12H18N4O. The summed E-state index contributed by atoms with van der Waals surface area (Å²) in [4.78, 5) is 18.0. The number of carbonyl (C=O) groups is 1. The zero-order chi connectivity index (χ0) is 12.1. The number of carbonyl (C=O) groups excluding carboxylic acids is 1. The number of amides is 1. The van der Waals surface area contributed by atoms with Gasteiger partial charge < -0.3 is 15.5 Å². The summed E-state index contributed by atoms with van der Waals surface area (Å²) in [6.07, 6.45) is 1.70. The molecule has 17 heavy (non-hydrogen) atoms. The molecule has 0 bridgehead atoms. The number of hydrogen-bond donors (Lipinski definition) is 2. The number of piperazine rings is 1. The van der Waals surface area contributed by atoms with E-state index in [1.54, 1.807) is 6.20 Å². The van der Waals surface area contributed by atoms with Gasteiger partial charge in [-0.3, -0.25) is 9.78 Å². The van der Waals surface area contributed by atoms with E-state index in [0.29, 0.717) is 12.2 Å². The molecule has 1 aromatic rings. The van der Waals surface area contributed by atoms with Crippen LogP contribution < -0.4 is 15.5 Å². The Morgan fingerprint density at radius 2 is 2.29 bits per heavy atom. The molecule has 1 aliphatic heterocycles. The van der Waals surface area contributed by atoms with E-state index in [-0.39, 0.29) is 5.91 Å². The molecule has 1 fully saturated rings. The molecule has 0 saturated carbocycles. The Bertz CT molecular complexity index is 388. The van der Waals surface area contributed by atoms with Crippen molar-refractivity contribution in [3.63, 3.8) is 0 Å². The molecule has 2 rings (SSSR count). The van der Waals surface area contributed by atoms with E-state index in [4.69, 9.17) is 0 Å². The van der Waals surface area contributed by atoms with Crippen molar-refractivity contribution in [2.24, 2.45) is 0 Å². The monoisotopic (exact) mass is 234 g/mol. The molecule has 0 radical (unpaired) electrons. The Labute approximate surface area is 101 Å². The van der Waals surface area contributed by atoms with E-state index in [9.17, 15) is 4.79 Å². The minimum Gasteiger partial charge on any atom is -0.369 e. The van der Waals surface area contributed by atoms with Gasteiger partial charge in [-0.15, -0.1) is 0 Å². The van der Waals surface area contributed by atoms with Crippen molar-refractivity contribution in [3.05, 3.63) is 24.0 Å². The summed E-state index contributed by atoms with van der Waals surface area (Å²) in [5.41, 5.74) is 1.56. The number of hydrogen-bond acceptors (Lipinski definition) is 4. The maximum Gasteiger partial charge on any atom is 0.269 e. The first-order chi connectivity index (χ1) is 8.31. The average molecular weight is 234 g/mol. The number of nitrogens with zero attached hydrogens (tertiary/aromatic N) is 2. The molecule has 0 aliphatic carbocycles. The molecule has 5 nitrogen and oxygen atoms in total. The van der Waals surface area contributed by atoms with Gasteiger partial charge in [-0.1, -0.05) is 0 Å². The fraction of sp³-hybridized carbons (Fsp3) is 0.500. The molecule has 0 aromatic carbocycles. The van der Waals surface area contributed by atoms with Crippen LogP contribution in [0.4, 0.5) is 5.69 Å². The maximum atomic E-state index is 11.7. The van der Waals surface area contributed by atoms with E-state index >= 15 is 0 Å². The number of anilines is 1. The topological polar surface area (TPSA) is 57.3 Å². The van der Waals surface area contributed by atoms with Gasteiger partial charge in [0.25, 0.3) is 5.91 Å². The lowest BCUT2D eigenvalue weighted by atomic mass is 10.2. The fourth-order valence-electron chi connectivity index (χ4n) is 1.91. The molecule has 1 saturated heterocycles. The minimum absolute atomic E-state index is 0.107. The molecule has 2 N–H and O–H groups in total. The zero-order valence-corrected chi connectivity index (χ0v) is 10.1. The molecule has 1 amide bonds. The van der Waals surface area contributed by atoms with Crippen molar-refractivity contribution in [2.45, 2.75) is 6.92 Å². The summed E-state index contributed by atoms with van der Waals surface area (Å²) in [6.45, 7) is 6.44. The standard InChI is InChI=1S/C12H18N4O/c1-2-14-12(17)11-9-10(3-4-15-11)16-7-5-13-6-8-16/h3-4,9,13H,2,5-8H2,1H3,(H,14,17). The molecule has 0 atom stereocenters. The molecule has 92 valence electrons. The van der Waals surface area contributed by atoms with Crippen LogP contribution in [0, 0.1) is 0 Å². The normalized spacial score (nSPS) is 15.7. The number of rotatable bonds is 3. The summed E-state index contributed by atoms with van der Waals surface area (Å²) in [5.74, 6) is -0.107. The fourth-order valence-corrected chi connectivity index (χ4v) is 1.91. The second-order valence-corrected chi connectivity index (χ2v) is 4.00. The third-order valence-corrected chi connectivity index (χ3v) is 2.80. The molecule has 1 aliphatic rings. The van der Waals surface area contributed by atoms with Crippen LogP contribution in [-0.2, 0) is 0 Å². The van der Waals surface area contributed by atoms with Crippen LogP contribution in [0.1, 0.15) is 17.4 Å².